The van der Waals surface area contributed by atoms with E-state index in [4.69, 9.17) is 4.74 Å². The molecule has 0 aliphatic heterocycles. The van der Waals surface area contributed by atoms with Gasteiger partial charge in [0.2, 0.25) is 0 Å². The fraction of sp³-hybridized carbons (Fsp3) is 0.538. The van der Waals surface area contributed by atoms with E-state index in [-0.39, 0.29) is 0 Å². The molecule has 0 saturated heterocycles. The Kier molecular flexibility index (Phi) is 4.08. The molecule has 0 heterocycles. The molecule has 0 spiro atoms. The molecule has 1 aromatic rings. The molecule has 0 bridgehead atoms. The van der Waals surface area contributed by atoms with Gasteiger partial charge < -0.3 is 9.84 Å². The summed E-state index contributed by atoms with van der Waals surface area (Å²) in [4.78, 5) is 0. The Bertz CT molecular complexity index is 532. The van der Waals surface area contributed by atoms with Crippen molar-refractivity contribution in [3.8, 4) is 5.75 Å². The molecule has 102 valence electrons. The van der Waals surface area contributed by atoms with E-state index in [1.165, 1.54) is 13.8 Å². The summed E-state index contributed by atoms with van der Waals surface area (Å²) in [6.45, 7) is 4.87. The topological polar surface area (TPSA) is 63.6 Å². The molecule has 0 amide bonds. The molecule has 1 rings (SSSR count). The number of aliphatic hydroxyl groups is 1. The van der Waals surface area contributed by atoms with Crippen LogP contribution in [0.1, 0.15) is 31.1 Å². The van der Waals surface area contributed by atoms with Crippen LogP contribution in [0.25, 0.3) is 0 Å². The van der Waals surface area contributed by atoms with Crippen molar-refractivity contribution in [2.45, 2.75) is 31.6 Å². The van der Waals surface area contributed by atoms with Gasteiger partial charge in [-0.2, -0.15) is 0 Å². The second-order valence-electron chi connectivity index (χ2n) is 5.00. The third-order valence-electron chi connectivity index (χ3n) is 3.39. The van der Waals surface area contributed by atoms with Gasteiger partial charge in [0.25, 0.3) is 0 Å². The Morgan fingerprint density at radius 1 is 1.33 bits per heavy atom. The van der Waals surface area contributed by atoms with Crippen molar-refractivity contribution in [2.75, 3.05) is 13.4 Å². The fourth-order valence-corrected chi connectivity index (χ4v) is 2.19. The van der Waals surface area contributed by atoms with Gasteiger partial charge in [0, 0.05) is 6.26 Å². The molecular formula is C13H20O4S. The molecule has 1 N–H and O–H groups in total. The number of benzene rings is 1. The van der Waals surface area contributed by atoms with Gasteiger partial charge in [-0.1, -0.05) is 6.07 Å². The molecular weight excluding hydrogens is 252 g/mol. The number of aryl methyl sites for hydroxylation is 1. The summed E-state index contributed by atoms with van der Waals surface area (Å²) in [6.07, 6.45) is 0.0631. The Morgan fingerprint density at radius 2 is 1.89 bits per heavy atom. The summed E-state index contributed by atoms with van der Waals surface area (Å²) in [5.74, 6) is 0.681. The van der Waals surface area contributed by atoms with Gasteiger partial charge in [0.1, 0.15) is 5.75 Å². The van der Waals surface area contributed by atoms with E-state index in [1.807, 2.05) is 6.92 Å². The summed E-state index contributed by atoms with van der Waals surface area (Å²) in [5.41, 5.74) is 1.41. The summed E-state index contributed by atoms with van der Waals surface area (Å²) in [5, 5.41) is 10.3. The summed E-state index contributed by atoms with van der Waals surface area (Å²) >= 11 is 0. The second-order valence-corrected chi connectivity index (χ2v) is 7.60. The van der Waals surface area contributed by atoms with E-state index in [0.717, 1.165) is 11.8 Å². The Hall–Kier alpha value is -1.07. The first-order valence-electron chi connectivity index (χ1n) is 5.63. The Morgan fingerprint density at radius 3 is 2.28 bits per heavy atom. The lowest BCUT2D eigenvalue weighted by molar-refractivity contribution is 0.138. The van der Waals surface area contributed by atoms with E-state index >= 15 is 0 Å². The first-order valence-corrected chi connectivity index (χ1v) is 7.52. The molecule has 4 nitrogen and oxygen atoms in total. The number of hydrogen-bond acceptors (Lipinski definition) is 4. The lowest BCUT2D eigenvalue weighted by Crippen LogP contribution is -2.38. The summed E-state index contributed by atoms with van der Waals surface area (Å²) in [6, 6.07) is 5.19. The SMILES string of the molecule is COc1ccc(C(O)C(C)(C)S(C)(=O)=O)c(C)c1. The van der Waals surface area contributed by atoms with Crippen molar-refractivity contribution in [2.24, 2.45) is 0 Å². The van der Waals surface area contributed by atoms with E-state index in [2.05, 4.69) is 0 Å². The van der Waals surface area contributed by atoms with Crippen LogP contribution in [-0.4, -0.2) is 31.6 Å². The van der Waals surface area contributed by atoms with Gasteiger partial charge in [-0.15, -0.1) is 0 Å². The van der Waals surface area contributed by atoms with Crippen molar-refractivity contribution in [3.05, 3.63) is 29.3 Å². The molecule has 0 aliphatic carbocycles. The van der Waals surface area contributed by atoms with Crippen LogP contribution >= 0.6 is 0 Å². The highest BCUT2D eigenvalue weighted by Crippen LogP contribution is 2.34. The average molecular weight is 272 g/mol. The summed E-state index contributed by atoms with van der Waals surface area (Å²) in [7, 11) is -1.80. The maximum Gasteiger partial charge on any atom is 0.155 e. The molecule has 1 aromatic carbocycles. The normalized spacial score (nSPS) is 14.3. The molecule has 0 fully saturated rings. The first kappa shape index (κ1) is 15.0. The van der Waals surface area contributed by atoms with Crippen LogP contribution in [0.3, 0.4) is 0 Å². The van der Waals surface area contributed by atoms with Gasteiger partial charge in [-0.25, -0.2) is 8.42 Å². The maximum atomic E-state index is 11.7. The molecule has 0 aromatic heterocycles. The third-order valence-corrected chi connectivity index (χ3v) is 5.52. The van der Waals surface area contributed by atoms with Crippen LogP contribution in [0.5, 0.6) is 5.75 Å². The van der Waals surface area contributed by atoms with Crippen LogP contribution in [0.4, 0.5) is 0 Å². The van der Waals surface area contributed by atoms with Crippen LogP contribution in [0.2, 0.25) is 0 Å². The molecule has 0 radical (unpaired) electrons. The zero-order chi connectivity index (χ0) is 14.1. The number of sulfone groups is 1. The van der Waals surface area contributed by atoms with Crippen molar-refractivity contribution in [1.82, 2.24) is 0 Å². The average Bonchev–Trinajstić information content (AvgIpc) is 2.26. The van der Waals surface area contributed by atoms with E-state index in [9.17, 15) is 13.5 Å². The Balaban J connectivity index is 3.24. The Labute approximate surface area is 109 Å². The number of hydrogen-bond donors (Lipinski definition) is 1. The number of rotatable bonds is 4. The van der Waals surface area contributed by atoms with Crippen molar-refractivity contribution < 1.29 is 18.3 Å². The molecule has 1 atom stereocenters. The standard InChI is InChI=1S/C13H20O4S/c1-9-8-10(17-4)6-7-11(9)12(14)13(2,3)18(5,15)16/h6-8,12,14H,1-5H3. The van der Waals surface area contributed by atoms with Crippen LogP contribution < -0.4 is 4.74 Å². The van der Waals surface area contributed by atoms with Crippen LogP contribution in [-0.2, 0) is 9.84 Å². The van der Waals surface area contributed by atoms with Crippen LogP contribution in [0, 0.1) is 6.92 Å². The smallest absolute Gasteiger partial charge is 0.155 e. The highest BCUT2D eigenvalue weighted by molar-refractivity contribution is 7.92. The monoisotopic (exact) mass is 272 g/mol. The van der Waals surface area contributed by atoms with Crippen molar-refractivity contribution >= 4 is 9.84 Å². The lowest BCUT2D eigenvalue weighted by Gasteiger charge is -2.29. The number of aliphatic hydroxyl groups excluding tert-OH is 1. The summed E-state index contributed by atoms with van der Waals surface area (Å²) < 4.78 is 27.3. The van der Waals surface area contributed by atoms with E-state index < -0.39 is 20.7 Å². The maximum absolute atomic E-state index is 11.7. The highest BCUT2D eigenvalue weighted by Gasteiger charge is 2.39. The molecule has 5 heteroatoms. The minimum Gasteiger partial charge on any atom is -0.497 e. The zero-order valence-corrected chi connectivity index (χ0v) is 12.2. The van der Waals surface area contributed by atoms with E-state index in [0.29, 0.717) is 11.3 Å². The second kappa shape index (κ2) is 4.90. The van der Waals surface area contributed by atoms with Gasteiger partial charge in [-0.3, -0.25) is 0 Å². The zero-order valence-electron chi connectivity index (χ0n) is 11.4. The van der Waals surface area contributed by atoms with Crippen molar-refractivity contribution in [1.29, 1.82) is 0 Å². The quantitative estimate of drug-likeness (QED) is 0.908. The molecule has 0 saturated carbocycles. The molecule has 0 aliphatic rings. The third kappa shape index (κ3) is 2.67. The van der Waals surface area contributed by atoms with Gasteiger partial charge in [0.05, 0.1) is 18.0 Å². The minimum absolute atomic E-state index is 0.603. The van der Waals surface area contributed by atoms with E-state index in [1.54, 1.807) is 25.3 Å². The van der Waals surface area contributed by atoms with Crippen molar-refractivity contribution in [3.63, 3.8) is 0 Å². The van der Waals surface area contributed by atoms with Crippen LogP contribution in [0.15, 0.2) is 18.2 Å². The lowest BCUT2D eigenvalue weighted by atomic mass is 9.94. The van der Waals surface area contributed by atoms with Gasteiger partial charge in [0.15, 0.2) is 9.84 Å². The highest BCUT2D eigenvalue weighted by atomic mass is 32.2. The number of methoxy groups -OCH3 is 1. The number of ether oxygens (including phenoxy) is 1. The van der Waals surface area contributed by atoms with Gasteiger partial charge >= 0.3 is 0 Å². The molecule has 1 unspecified atom stereocenters. The first-order chi connectivity index (χ1) is 8.11. The fourth-order valence-electron chi connectivity index (χ4n) is 1.66. The van der Waals surface area contributed by atoms with Gasteiger partial charge in [-0.05, 0) is 44.0 Å². The molecule has 18 heavy (non-hydrogen) atoms. The largest absolute Gasteiger partial charge is 0.497 e. The minimum atomic E-state index is -3.36. The predicted octanol–water partition coefficient (Wildman–Crippen LogP) is 1.86. The predicted molar refractivity (Wildman–Crippen MR) is 71.6 cm³/mol.